The summed E-state index contributed by atoms with van der Waals surface area (Å²) in [6, 6.07) is 4.74. The Hall–Kier alpha value is -2.14. The van der Waals surface area contributed by atoms with Gasteiger partial charge in [-0.2, -0.15) is 0 Å². The molecule has 29 heavy (non-hydrogen) atoms. The number of anilines is 1. The van der Waals surface area contributed by atoms with E-state index in [0.29, 0.717) is 6.61 Å². The normalized spacial score (nSPS) is 14.4. The van der Waals surface area contributed by atoms with E-state index in [1.54, 1.807) is 14.2 Å². The smallest absolute Gasteiger partial charge is 0.148 e. The zero-order valence-corrected chi connectivity index (χ0v) is 18.6. The topological polar surface area (TPSA) is 56.3 Å². The molecule has 0 radical (unpaired) electrons. The lowest BCUT2D eigenvalue weighted by molar-refractivity contribution is 0.184. The van der Waals surface area contributed by atoms with Gasteiger partial charge in [0.05, 0.1) is 36.8 Å². The van der Waals surface area contributed by atoms with Gasteiger partial charge in [0.25, 0.3) is 0 Å². The minimum atomic E-state index is 0.230. The second-order valence-corrected chi connectivity index (χ2v) is 7.75. The van der Waals surface area contributed by atoms with Crippen molar-refractivity contribution in [1.29, 1.82) is 0 Å². The Bertz CT molecular complexity index is 835. The third-order valence-corrected chi connectivity index (χ3v) is 5.83. The molecule has 1 aromatic heterocycles. The molecule has 0 aliphatic heterocycles. The Morgan fingerprint density at radius 2 is 1.66 bits per heavy atom. The van der Waals surface area contributed by atoms with Crippen molar-refractivity contribution in [3.8, 4) is 17.0 Å². The second kappa shape index (κ2) is 10.1. The van der Waals surface area contributed by atoms with E-state index in [9.17, 15) is 0 Å². The molecule has 1 aliphatic carbocycles. The van der Waals surface area contributed by atoms with Crippen LogP contribution in [-0.4, -0.2) is 36.8 Å². The summed E-state index contributed by atoms with van der Waals surface area (Å²) in [6.07, 6.45) is 7.41. The SMILES string of the molecule is CCc1nc(-c2cc3c(cc2OC)CCCC3)c(CC)nc1N[C@H](CC)COC. The van der Waals surface area contributed by atoms with Gasteiger partial charge in [-0.3, -0.25) is 0 Å². The molecule has 1 heterocycles. The molecule has 1 aliphatic rings. The van der Waals surface area contributed by atoms with Gasteiger partial charge < -0.3 is 14.8 Å². The van der Waals surface area contributed by atoms with Gasteiger partial charge >= 0.3 is 0 Å². The van der Waals surface area contributed by atoms with Crippen LogP contribution in [-0.2, 0) is 30.4 Å². The predicted molar refractivity (Wildman–Crippen MR) is 119 cm³/mol. The van der Waals surface area contributed by atoms with E-state index < -0.39 is 0 Å². The van der Waals surface area contributed by atoms with Crippen LogP contribution in [0.2, 0.25) is 0 Å². The molecule has 158 valence electrons. The summed E-state index contributed by atoms with van der Waals surface area (Å²) < 4.78 is 11.1. The molecule has 0 saturated carbocycles. The molecule has 0 saturated heterocycles. The number of fused-ring (bicyclic) bond motifs is 1. The number of benzene rings is 1. The molecule has 1 atom stereocenters. The molecule has 5 heteroatoms. The molecule has 2 aromatic rings. The van der Waals surface area contributed by atoms with Crippen LogP contribution in [0.5, 0.6) is 5.75 Å². The van der Waals surface area contributed by atoms with Crippen molar-refractivity contribution in [2.75, 3.05) is 26.1 Å². The summed E-state index contributed by atoms with van der Waals surface area (Å²) in [5.74, 6) is 1.79. The van der Waals surface area contributed by atoms with Crippen LogP contribution in [0.4, 0.5) is 5.82 Å². The van der Waals surface area contributed by atoms with Crippen LogP contribution < -0.4 is 10.1 Å². The van der Waals surface area contributed by atoms with Crippen molar-refractivity contribution in [3.63, 3.8) is 0 Å². The first kappa shape index (κ1) is 21.6. The van der Waals surface area contributed by atoms with E-state index in [4.69, 9.17) is 19.4 Å². The third-order valence-electron chi connectivity index (χ3n) is 5.83. The molecule has 0 fully saturated rings. The van der Waals surface area contributed by atoms with E-state index in [2.05, 4.69) is 38.2 Å². The number of hydrogen-bond donors (Lipinski definition) is 1. The minimum absolute atomic E-state index is 0.230. The lowest BCUT2D eigenvalue weighted by Gasteiger charge is -2.22. The number of aromatic nitrogens is 2. The van der Waals surface area contributed by atoms with Gasteiger partial charge in [0.2, 0.25) is 0 Å². The zero-order chi connectivity index (χ0) is 20.8. The average molecular weight is 398 g/mol. The van der Waals surface area contributed by atoms with Gasteiger partial charge in [-0.1, -0.05) is 20.8 Å². The van der Waals surface area contributed by atoms with E-state index >= 15 is 0 Å². The van der Waals surface area contributed by atoms with Gasteiger partial charge in [0, 0.05) is 12.7 Å². The van der Waals surface area contributed by atoms with Crippen molar-refractivity contribution in [2.24, 2.45) is 0 Å². The van der Waals surface area contributed by atoms with Crippen LogP contribution in [0.25, 0.3) is 11.3 Å². The van der Waals surface area contributed by atoms with E-state index in [1.807, 2.05) is 0 Å². The Labute approximate surface area is 175 Å². The molecule has 5 nitrogen and oxygen atoms in total. The lowest BCUT2D eigenvalue weighted by Crippen LogP contribution is -2.26. The Morgan fingerprint density at radius 3 is 2.24 bits per heavy atom. The fourth-order valence-electron chi connectivity index (χ4n) is 4.10. The fourth-order valence-corrected chi connectivity index (χ4v) is 4.10. The Balaban J connectivity index is 2.08. The highest BCUT2D eigenvalue weighted by Gasteiger charge is 2.21. The number of rotatable bonds is 9. The quantitative estimate of drug-likeness (QED) is 0.646. The van der Waals surface area contributed by atoms with Gasteiger partial charge in [0.15, 0.2) is 0 Å². The first-order chi connectivity index (χ1) is 14.1. The van der Waals surface area contributed by atoms with Crippen LogP contribution in [0.1, 0.15) is 62.5 Å². The van der Waals surface area contributed by atoms with E-state index in [0.717, 1.165) is 66.3 Å². The van der Waals surface area contributed by atoms with Crippen molar-refractivity contribution in [3.05, 3.63) is 34.6 Å². The largest absolute Gasteiger partial charge is 0.496 e. The van der Waals surface area contributed by atoms with E-state index in [1.165, 1.54) is 24.0 Å². The van der Waals surface area contributed by atoms with Crippen molar-refractivity contribution >= 4 is 5.82 Å². The average Bonchev–Trinajstić information content (AvgIpc) is 2.77. The lowest BCUT2D eigenvalue weighted by atomic mass is 9.89. The number of nitrogens with one attached hydrogen (secondary N) is 1. The summed E-state index contributed by atoms with van der Waals surface area (Å²) in [5, 5.41) is 3.55. The standard InChI is InChI=1S/C24H35N3O2/c1-6-18(15-28-4)25-24-21(8-3)26-23(20(7-2)27-24)19-13-16-11-9-10-12-17(16)14-22(19)29-5/h13-14,18H,6-12,15H2,1-5H3,(H,25,27)/t18-/m1/s1. The highest BCUT2D eigenvalue weighted by atomic mass is 16.5. The number of hydrogen-bond acceptors (Lipinski definition) is 5. The highest BCUT2D eigenvalue weighted by molar-refractivity contribution is 5.72. The molecule has 0 unspecified atom stereocenters. The van der Waals surface area contributed by atoms with E-state index in [-0.39, 0.29) is 6.04 Å². The monoisotopic (exact) mass is 397 g/mol. The first-order valence-electron chi connectivity index (χ1n) is 11.0. The maximum absolute atomic E-state index is 5.78. The minimum Gasteiger partial charge on any atom is -0.496 e. The van der Waals surface area contributed by atoms with Crippen molar-refractivity contribution in [1.82, 2.24) is 9.97 Å². The summed E-state index contributed by atoms with van der Waals surface area (Å²) in [7, 11) is 3.49. The molecule has 3 rings (SSSR count). The Kier molecular flexibility index (Phi) is 7.48. The van der Waals surface area contributed by atoms with Gasteiger partial charge in [-0.25, -0.2) is 9.97 Å². The molecule has 1 aromatic carbocycles. The van der Waals surface area contributed by atoms with Crippen LogP contribution in [0.15, 0.2) is 12.1 Å². The summed E-state index contributed by atoms with van der Waals surface area (Å²) in [6.45, 7) is 7.08. The number of methoxy groups -OCH3 is 2. The number of aryl methyl sites for hydroxylation is 4. The van der Waals surface area contributed by atoms with Gasteiger partial charge in [-0.15, -0.1) is 0 Å². The predicted octanol–water partition coefficient (Wildman–Crippen LogP) is 4.99. The Morgan fingerprint density at radius 1 is 0.966 bits per heavy atom. The highest BCUT2D eigenvalue weighted by Crippen LogP contribution is 2.37. The fraction of sp³-hybridized carbons (Fsp3) is 0.583. The first-order valence-corrected chi connectivity index (χ1v) is 11.0. The van der Waals surface area contributed by atoms with Crippen LogP contribution >= 0.6 is 0 Å². The van der Waals surface area contributed by atoms with Gasteiger partial charge in [-0.05, 0) is 68.2 Å². The van der Waals surface area contributed by atoms with Crippen molar-refractivity contribution in [2.45, 2.75) is 71.8 Å². The second-order valence-electron chi connectivity index (χ2n) is 7.75. The summed E-state index contributed by atoms with van der Waals surface area (Å²) in [4.78, 5) is 10.1. The van der Waals surface area contributed by atoms with Gasteiger partial charge in [0.1, 0.15) is 11.6 Å². The summed E-state index contributed by atoms with van der Waals surface area (Å²) in [5.41, 5.74) is 6.88. The molecule has 0 bridgehead atoms. The van der Waals surface area contributed by atoms with Crippen molar-refractivity contribution < 1.29 is 9.47 Å². The third kappa shape index (κ3) is 4.72. The zero-order valence-electron chi connectivity index (χ0n) is 18.6. The molecule has 0 spiro atoms. The van der Waals surface area contributed by atoms with Crippen LogP contribution in [0.3, 0.4) is 0 Å². The molecular weight excluding hydrogens is 362 g/mol. The number of nitrogens with zero attached hydrogens (tertiary/aromatic N) is 2. The number of ether oxygens (including phenoxy) is 2. The molecule has 0 amide bonds. The maximum Gasteiger partial charge on any atom is 0.148 e. The summed E-state index contributed by atoms with van der Waals surface area (Å²) >= 11 is 0. The van der Waals surface area contributed by atoms with Crippen LogP contribution in [0, 0.1) is 0 Å². The molecular formula is C24H35N3O2. The molecule has 1 N–H and O–H groups in total. The maximum atomic E-state index is 5.78.